The molecule has 2 unspecified atom stereocenters. The van der Waals surface area contributed by atoms with Crippen LogP contribution in [0.2, 0.25) is 0 Å². The average Bonchev–Trinajstić information content (AvgIpc) is 2.16. The number of nitrogens with zero attached hydrogens (tertiary/aromatic N) is 1. The highest BCUT2D eigenvalue weighted by Crippen LogP contribution is 2.09. The fourth-order valence-electron chi connectivity index (χ4n) is 1.99. The van der Waals surface area contributed by atoms with Crippen molar-refractivity contribution in [3.05, 3.63) is 0 Å². The van der Waals surface area contributed by atoms with E-state index >= 15 is 0 Å². The van der Waals surface area contributed by atoms with E-state index in [-0.39, 0.29) is 5.38 Å². The second kappa shape index (κ2) is 7.49. The second-order valence-corrected chi connectivity index (χ2v) is 5.76. The van der Waals surface area contributed by atoms with Crippen LogP contribution in [-0.2, 0) is 4.74 Å². The average molecular weight is 249 g/mol. The Morgan fingerprint density at radius 3 is 2.88 bits per heavy atom. The van der Waals surface area contributed by atoms with E-state index in [9.17, 15) is 0 Å². The number of nitrogens with one attached hydrogen (secondary N) is 1. The summed E-state index contributed by atoms with van der Waals surface area (Å²) in [5.41, 5.74) is 0. The number of ether oxygens (including phenoxy) is 1. The Labute approximate surface area is 104 Å². The van der Waals surface area contributed by atoms with Crippen molar-refractivity contribution >= 4 is 11.6 Å². The van der Waals surface area contributed by atoms with Gasteiger partial charge in [0, 0.05) is 31.6 Å². The van der Waals surface area contributed by atoms with Gasteiger partial charge in [0.25, 0.3) is 0 Å². The summed E-state index contributed by atoms with van der Waals surface area (Å²) in [5.74, 6) is 0.668. The van der Waals surface area contributed by atoms with Gasteiger partial charge in [0.05, 0.1) is 12.7 Å². The van der Waals surface area contributed by atoms with Crippen molar-refractivity contribution in [3.63, 3.8) is 0 Å². The van der Waals surface area contributed by atoms with Gasteiger partial charge in [-0.15, -0.1) is 11.6 Å². The Bertz CT molecular complexity index is 190. The van der Waals surface area contributed by atoms with Crippen LogP contribution in [0.4, 0.5) is 0 Å². The van der Waals surface area contributed by atoms with Crippen LogP contribution < -0.4 is 5.32 Å². The van der Waals surface area contributed by atoms with Crippen LogP contribution >= 0.6 is 11.6 Å². The number of rotatable bonds is 6. The largest absolute Gasteiger partial charge is 0.374 e. The first kappa shape index (κ1) is 14.2. The summed E-state index contributed by atoms with van der Waals surface area (Å²) in [6.45, 7) is 9.10. The number of likely N-dealkylation sites (N-methyl/N-ethyl adjacent to an activating group) is 1. The molecular formula is C12H25ClN2O. The lowest BCUT2D eigenvalue weighted by Gasteiger charge is -2.30. The van der Waals surface area contributed by atoms with E-state index in [2.05, 4.69) is 31.1 Å². The van der Waals surface area contributed by atoms with Gasteiger partial charge in [-0.2, -0.15) is 0 Å². The first-order valence-electron chi connectivity index (χ1n) is 6.23. The fraction of sp³-hybridized carbons (Fsp3) is 1.00. The molecule has 0 aliphatic carbocycles. The van der Waals surface area contributed by atoms with Crippen molar-refractivity contribution in [2.45, 2.75) is 31.7 Å². The molecule has 16 heavy (non-hydrogen) atoms. The lowest BCUT2D eigenvalue weighted by atomic mass is 10.1. The molecule has 0 aromatic heterocycles. The van der Waals surface area contributed by atoms with Crippen LogP contribution in [0.25, 0.3) is 0 Å². The van der Waals surface area contributed by atoms with Crippen molar-refractivity contribution in [2.75, 3.05) is 39.8 Å². The molecule has 0 aromatic rings. The zero-order chi connectivity index (χ0) is 12.0. The van der Waals surface area contributed by atoms with Crippen LogP contribution in [0.15, 0.2) is 0 Å². The molecule has 3 nitrogen and oxygen atoms in total. The molecule has 0 amide bonds. The van der Waals surface area contributed by atoms with Gasteiger partial charge in [-0.1, -0.05) is 13.8 Å². The monoisotopic (exact) mass is 248 g/mol. The predicted molar refractivity (Wildman–Crippen MR) is 69.2 cm³/mol. The van der Waals surface area contributed by atoms with Crippen LogP contribution in [0, 0.1) is 5.92 Å². The minimum absolute atomic E-state index is 0.237. The first-order valence-corrected chi connectivity index (χ1v) is 6.66. The van der Waals surface area contributed by atoms with Gasteiger partial charge in [0.2, 0.25) is 0 Å². The first-order chi connectivity index (χ1) is 7.58. The van der Waals surface area contributed by atoms with Gasteiger partial charge in [0.1, 0.15) is 0 Å². The zero-order valence-corrected chi connectivity index (χ0v) is 11.5. The van der Waals surface area contributed by atoms with Crippen molar-refractivity contribution in [2.24, 2.45) is 5.92 Å². The highest BCUT2D eigenvalue weighted by molar-refractivity contribution is 6.20. The van der Waals surface area contributed by atoms with E-state index in [4.69, 9.17) is 16.3 Å². The summed E-state index contributed by atoms with van der Waals surface area (Å²) in [6, 6.07) is 0. The van der Waals surface area contributed by atoms with E-state index in [1.54, 1.807) is 0 Å². The van der Waals surface area contributed by atoms with Crippen LogP contribution in [0.5, 0.6) is 0 Å². The van der Waals surface area contributed by atoms with Crippen LogP contribution in [0.3, 0.4) is 0 Å². The Balaban J connectivity index is 2.05. The Morgan fingerprint density at radius 2 is 2.25 bits per heavy atom. The highest BCUT2D eigenvalue weighted by Gasteiger charge is 2.17. The van der Waals surface area contributed by atoms with Crippen LogP contribution in [0.1, 0.15) is 20.3 Å². The maximum Gasteiger partial charge on any atom is 0.0826 e. The molecule has 0 aromatic carbocycles. The Hall–Kier alpha value is 0.170. The minimum atomic E-state index is 0.237. The Kier molecular flexibility index (Phi) is 6.66. The molecule has 0 radical (unpaired) electrons. The lowest BCUT2D eigenvalue weighted by Crippen LogP contribution is -2.45. The molecule has 1 rings (SSSR count). The van der Waals surface area contributed by atoms with Gasteiger partial charge in [-0.05, 0) is 19.4 Å². The quantitative estimate of drug-likeness (QED) is 0.722. The number of hydrogen-bond donors (Lipinski definition) is 1. The van der Waals surface area contributed by atoms with E-state index < -0.39 is 0 Å². The normalized spacial score (nSPS) is 24.9. The van der Waals surface area contributed by atoms with Crippen LogP contribution in [-0.4, -0.2) is 56.2 Å². The smallest absolute Gasteiger partial charge is 0.0826 e. The minimum Gasteiger partial charge on any atom is -0.374 e. The summed E-state index contributed by atoms with van der Waals surface area (Å²) in [5, 5.41) is 3.63. The summed E-state index contributed by atoms with van der Waals surface area (Å²) in [4.78, 5) is 2.31. The molecule has 0 spiro atoms. The molecule has 1 saturated heterocycles. The van der Waals surface area contributed by atoms with Gasteiger partial charge in [-0.25, -0.2) is 0 Å². The molecule has 0 bridgehead atoms. The summed E-state index contributed by atoms with van der Waals surface area (Å²) in [7, 11) is 2.14. The van der Waals surface area contributed by atoms with Gasteiger partial charge < -0.3 is 15.0 Å². The number of halogens is 1. The molecule has 96 valence electrons. The third-order valence-electron chi connectivity index (χ3n) is 2.81. The van der Waals surface area contributed by atoms with Crippen molar-refractivity contribution in [1.29, 1.82) is 0 Å². The number of hydrogen-bond acceptors (Lipinski definition) is 3. The summed E-state index contributed by atoms with van der Waals surface area (Å²) < 4.78 is 5.66. The zero-order valence-electron chi connectivity index (χ0n) is 10.7. The van der Waals surface area contributed by atoms with Gasteiger partial charge in [0.15, 0.2) is 0 Å². The van der Waals surface area contributed by atoms with Crippen molar-refractivity contribution < 1.29 is 4.74 Å². The second-order valence-electron chi connectivity index (χ2n) is 5.14. The van der Waals surface area contributed by atoms with E-state index in [1.165, 1.54) is 0 Å². The molecule has 1 aliphatic rings. The summed E-state index contributed by atoms with van der Waals surface area (Å²) >= 11 is 6.21. The number of alkyl halides is 1. The molecule has 1 fully saturated rings. The topological polar surface area (TPSA) is 24.5 Å². The fourth-order valence-corrected chi connectivity index (χ4v) is 2.45. The molecule has 1 N–H and O–H groups in total. The molecule has 1 aliphatic heterocycles. The molecular weight excluding hydrogens is 224 g/mol. The van der Waals surface area contributed by atoms with Gasteiger partial charge in [-0.3, -0.25) is 0 Å². The maximum atomic E-state index is 6.21. The van der Waals surface area contributed by atoms with E-state index in [1.807, 2.05) is 0 Å². The van der Waals surface area contributed by atoms with Gasteiger partial charge >= 0.3 is 0 Å². The Morgan fingerprint density at radius 1 is 1.50 bits per heavy atom. The predicted octanol–water partition coefficient (Wildman–Crippen LogP) is 1.56. The van der Waals surface area contributed by atoms with Crippen molar-refractivity contribution in [3.8, 4) is 0 Å². The summed E-state index contributed by atoms with van der Waals surface area (Å²) in [6.07, 6.45) is 1.39. The molecule has 4 heteroatoms. The van der Waals surface area contributed by atoms with E-state index in [0.29, 0.717) is 12.0 Å². The van der Waals surface area contributed by atoms with Crippen molar-refractivity contribution in [1.82, 2.24) is 10.2 Å². The molecule has 2 atom stereocenters. The standard InChI is InChI=1S/C12H25ClN2O/c1-10(2)6-11(13)7-14-8-12-9-15(3)4-5-16-12/h10-12,14H,4-9H2,1-3H3. The SMILES string of the molecule is CC(C)CC(Cl)CNCC1CN(C)CCO1. The lowest BCUT2D eigenvalue weighted by molar-refractivity contribution is -0.0179. The van der Waals surface area contributed by atoms with E-state index in [0.717, 1.165) is 39.2 Å². The molecule has 1 heterocycles. The third-order valence-corrected chi connectivity index (χ3v) is 3.14. The molecule has 0 saturated carbocycles. The maximum absolute atomic E-state index is 6.21. The highest BCUT2D eigenvalue weighted by atomic mass is 35.5. The number of morpholine rings is 1. The third kappa shape index (κ3) is 6.04.